The highest BCUT2D eigenvalue weighted by Crippen LogP contribution is 2.60. The Kier molecular flexibility index (Phi) is 12.6. The molecule has 0 aliphatic heterocycles. The number of Topliss-reactive ketones (excluding diaryl/α,β-unsaturated/α-hetero) is 1. The summed E-state index contributed by atoms with van der Waals surface area (Å²) in [5, 5.41) is 8.90. The van der Waals surface area contributed by atoms with Crippen LogP contribution in [-0.2, 0) is 4.79 Å². The van der Waals surface area contributed by atoms with E-state index in [9.17, 15) is 18.0 Å². The van der Waals surface area contributed by atoms with Crippen LogP contribution in [-0.4, -0.2) is 24.8 Å². The van der Waals surface area contributed by atoms with E-state index in [-0.39, 0.29) is 31.5 Å². The Morgan fingerprint density at radius 3 is 2.06 bits per heavy atom. The van der Waals surface area contributed by atoms with E-state index < -0.39 is 11.6 Å². The standard InChI is InChI=1S/C14H18N2O.C8H11F3O.C5H12/c1-5-6-11(3)16-14-10(2)7-12(9-15)8-13(14)17-4;1-2-6(12)5-7(3-4-7)8(9,10)11;1-5(2,3)4/h7-8H,5-6H2,1-4H3;2-5H2,1H3;1-4H3. The fourth-order valence-corrected chi connectivity index (χ4v) is 2.93. The third kappa shape index (κ3) is 11.7. The van der Waals surface area contributed by atoms with Crippen molar-refractivity contribution in [1.29, 1.82) is 5.26 Å². The van der Waals surface area contributed by atoms with Gasteiger partial charge in [0, 0.05) is 24.6 Å². The number of aliphatic imine (C=N–C) groups is 1. The molecule has 1 aliphatic rings. The smallest absolute Gasteiger partial charge is 0.394 e. The molecule has 1 aromatic rings. The van der Waals surface area contributed by atoms with Gasteiger partial charge in [-0.15, -0.1) is 0 Å². The van der Waals surface area contributed by atoms with Gasteiger partial charge in [-0.2, -0.15) is 18.4 Å². The number of hydrogen-bond donors (Lipinski definition) is 0. The second kappa shape index (κ2) is 13.5. The first-order valence-corrected chi connectivity index (χ1v) is 11.7. The highest BCUT2D eigenvalue weighted by Gasteiger charge is 2.63. The summed E-state index contributed by atoms with van der Waals surface area (Å²) < 4.78 is 42.0. The summed E-state index contributed by atoms with van der Waals surface area (Å²) in [5.41, 5.74) is 2.35. The van der Waals surface area contributed by atoms with Crippen LogP contribution in [0, 0.1) is 29.1 Å². The quantitative estimate of drug-likeness (QED) is 0.366. The van der Waals surface area contributed by atoms with E-state index in [1.165, 1.54) is 0 Å². The van der Waals surface area contributed by atoms with E-state index in [1.807, 2.05) is 19.9 Å². The molecule has 0 spiro atoms. The van der Waals surface area contributed by atoms with Gasteiger partial charge in [-0.25, -0.2) is 0 Å². The van der Waals surface area contributed by atoms with Crippen molar-refractivity contribution in [2.75, 3.05) is 7.11 Å². The number of ether oxygens (including phenoxy) is 1. The van der Waals surface area contributed by atoms with Crippen LogP contribution in [0.3, 0.4) is 0 Å². The fourth-order valence-electron chi connectivity index (χ4n) is 2.93. The number of alkyl halides is 3. The molecule has 1 fully saturated rings. The lowest BCUT2D eigenvalue weighted by Gasteiger charge is -2.17. The SMILES string of the molecule is CC(C)(C)C.CCC(=O)CC1(C(F)(F)F)CC1.CCCC(C)=Nc1c(C)cc(C#N)cc1OC. The van der Waals surface area contributed by atoms with Crippen molar-refractivity contribution in [3.63, 3.8) is 0 Å². The van der Waals surface area contributed by atoms with Crippen molar-refractivity contribution >= 4 is 17.2 Å². The monoisotopic (exact) mass is 482 g/mol. The molecule has 0 saturated heterocycles. The van der Waals surface area contributed by atoms with Crippen LogP contribution in [0.25, 0.3) is 0 Å². The number of nitrogens with zero attached hydrogens (tertiary/aromatic N) is 2. The molecule has 4 nitrogen and oxygen atoms in total. The van der Waals surface area contributed by atoms with Gasteiger partial charge in [0.05, 0.1) is 24.2 Å². The maximum Gasteiger partial charge on any atom is 0.394 e. The Morgan fingerprint density at radius 1 is 1.18 bits per heavy atom. The zero-order valence-corrected chi connectivity index (χ0v) is 22.2. The van der Waals surface area contributed by atoms with Crippen molar-refractivity contribution in [1.82, 2.24) is 0 Å². The van der Waals surface area contributed by atoms with Crippen LogP contribution in [0.15, 0.2) is 17.1 Å². The lowest BCUT2D eigenvalue weighted by atomic mass is 9.98. The molecule has 0 atom stereocenters. The Hall–Kier alpha value is -2.36. The van der Waals surface area contributed by atoms with E-state index in [2.05, 4.69) is 45.7 Å². The number of carbonyl (C=O) groups is 1. The first-order valence-electron chi connectivity index (χ1n) is 11.7. The minimum Gasteiger partial charge on any atom is -0.494 e. The number of hydrogen-bond acceptors (Lipinski definition) is 4. The fraction of sp³-hybridized carbons (Fsp3) is 0.667. The number of rotatable bonds is 7. The van der Waals surface area contributed by atoms with E-state index in [0.29, 0.717) is 16.7 Å². The molecule has 1 aliphatic carbocycles. The Bertz CT molecular complexity index is 866. The Morgan fingerprint density at radius 2 is 1.71 bits per heavy atom. The number of methoxy groups -OCH3 is 1. The molecule has 34 heavy (non-hydrogen) atoms. The number of benzene rings is 1. The van der Waals surface area contributed by atoms with Gasteiger partial charge in [0.15, 0.2) is 0 Å². The van der Waals surface area contributed by atoms with Crippen LogP contribution in [0.2, 0.25) is 0 Å². The van der Waals surface area contributed by atoms with Crippen LogP contribution in [0.4, 0.5) is 18.9 Å². The molecule has 0 amide bonds. The van der Waals surface area contributed by atoms with Gasteiger partial charge in [0.25, 0.3) is 0 Å². The molecule has 7 heteroatoms. The number of halogens is 3. The molecule has 0 bridgehead atoms. The lowest BCUT2D eigenvalue weighted by Crippen LogP contribution is -2.26. The molecular formula is C27H41F3N2O2. The molecule has 0 radical (unpaired) electrons. The molecule has 0 heterocycles. The van der Waals surface area contributed by atoms with Crippen molar-refractivity contribution in [3.8, 4) is 11.8 Å². The predicted octanol–water partition coefficient (Wildman–Crippen LogP) is 8.52. The van der Waals surface area contributed by atoms with Crippen molar-refractivity contribution in [2.24, 2.45) is 15.8 Å². The Labute approximate surface area is 203 Å². The van der Waals surface area contributed by atoms with Gasteiger partial charge in [-0.05, 0) is 50.2 Å². The molecule has 0 aromatic heterocycles. The summed E-state index contributed by atoms with van der Waals surface area (Å²) in [6.45, 7) is 16.4. The van der Waals surface area contributed by atoms with Crippen molar-refractivity contribution in [3.05, 3.63) is 23.3 Å². The molecular weight excluding hydrogens is 441 g/mol. The second-order valence-corrected chi connectivity index (χ2v) is 10.4. The van der Waals surface area contributed by atoms with Gasteiger partial charge >= 0.3 is 6.18 Å². The highest BCUT2D eigenvalue weighted by molar-refractivity contribution is 5.86. The zero-order chi connectivity index (χ0) is 26.7. The number of carbonyl (C=O) groups excluding carboxylic acids is 1. The topological polar surface area (TPSA) is 62.5 Å². The normalized spacial score (nSPS) is 14.6. The third-order valence-corrected chi connectivity index (χ3v) is 4.91. The summed E-state index contributed by atoms with van der Waals surface area (Å²) in [6, 6.07) is 5.68. The maximum atomic E-state index is 12.2. The minimum absolute atomic E-state index is 0.127. The van der Waals surface area contributed by atoms with Gasteiger partial charge in [-0.3, -0.25) is 9.79 Å². The number of ketones is 1. The van der Waals surface area contributed by atoms with Gasteiger partial charge in [-0.1, -0.05) is 48.0 Å². The molecule has 0 unspecified atom stereocenters. The lowest BCUT2D eigenvalue weighted by molar-refractivity contribution is -0.190. The van der Waals surface area contributed by atoms with Crippen LogP contribution < -0.4 is 4.74 Å². The van der Waals surface area contributed by atoms with Gasteiger partial charge in [0.2, 0.25) is 0 Å². The average Bonchev–Trinajstić information content (AvgIpc) is 3.49. The average molecular weight is 483 g/mol. The highest BCUT2D eigenvalue weighted by atomic mass is 19.4. The molecule has 1 aromatic carbocycles. The number of aryl methyl sites for hydroxylation is 1. The van der Waals surface area contributed by atoms with Crippen LogP contribution >= 0.6 is 0 Å². The minimum atomic E-state index is -4.18. The molecule has 192 valence electrons. The molecule has 2 rings (SSSR count). The summed E-state index contributed by atoms with van der Waals surface area (Å²) in [6.07, 6.45) is -1.98. The summed E-state index contributed by atoms with van der Waals surface area (Å²) in [4.78, 5) is 15.4. The molecule has 1 saturated carbocycles. The van der Waals surface area contributed by atoms with Crippen LogP contribution in [0.5, 0.6) is 5.75 Å². The molecule has 0 N–H and O–H groups in total. The van der Waals surface area contributed by atoms with Crippen molar-refractivity contribution in [2.45, 2.75) is 100 Å². The van der Waals surface area contributed by atoms with Gasteiger partial charge < -0.3 is 4.74 Å². The summed E-state index contributed by atoms with van der Waals surface area (Å²) in [5.74, 6) is 0.377. The van der Waals surface area contributed by atoms with Crippen molar-refractivity contribution < 1.29 is 22.7 Å². The second-order valence-electron chi connectivity index (χ2n) is 10.4. The number of nitriles is 1. The zero-order valence-electron chi connectivity index (χ0n) is 22.2. The predicted molar refractivity (Wildman–Crippen MR) is 133 cm³/mol. The first-order chi connectivity index (χ1) is 15.5. The summed E-state index contributed by atoms with van der Waals surface area (Å²) >= 11 is 0. The van der Waals surface area contributed by atoms with Crippen LogP contribution in [0.1, 0.15) is 98.1 Å². The third-order valence-electron chi connectivity index (χ3n) is 4.91. The Balaban J connectivity index is 0.000000556. The van der Waals surface area contributed by atoms with Gasteiger partial charge in [0.1, 0.15) is 17.2 Å². The largest absolute Gasteiger partial charge is 0.494 e. The maximum absolute atomic E-state index is 12.2. The summed E-state index contributed by atoms with van der Waals surface area (Å²) in [7, 11) is 1.60. The van der Waals surface area contributed by atoms with E-state index >= 15 is 0 Å². The van der Waals surface area contributed by atoms with E-state index in [0.717, 1.165) is 29.8 Å². The van der Waals surface area contributed by atoms with E-state index in [1.54, 1.807) is 20.1 Å². The first kappa shape index (κ1) is 31.6. The van der Waals surface area contributed by atoms with E-state index in [4.69, 9.17) is 10.00 Å².